The number of thioether (sulfide) groups is 1. The second kappa shape index (κ2) is 5.30. The van der Waals surface area contributed by atoms with Crippen molar-refractivity contribution in [3.05, 3.63) is 51.5 Å². The minimum Gasteiger partial charge on any atom is -0.457 e. The van der Waals surface area contributed by atoms with Crippen LogP contribution < -0.4 is 5.73 Å². The number of benzene rings is 1. The Kier molecular flexibility index (Phi) is 3.50. The number of carbonyl (C=O) groups is 1. The number of aliphatic imine (C=N–C) groups is 1. The summed E-state index contributed by atoms with van der Waals surface area (Å²) in [6, 6.07) is 11.5. The Labute approximate surface area is 127 Å². The Morgan fingerprint density at radius 1 is 1.30 bits per heavy atom. The second-order valence-electron chi connectivity index (χ2n) is 4.08. The first-order valence-electron chi connectivity index (χ1n) is 5.75. The van der Waals surface area contributed by atoms with Crippen LogP contribution >= 0.6 is 27.7 Å². The molecule has 2 heterocycles. The van der Waals surface area contributed by atoms with E-state index in [1.54, 1.807) is 6.08 Å². The Balaban J connectivity index is 1.88. The molecule has 1 aliphatic rings. The van der Waals surface area contributed by atoms with Gasteiger partial charge in [0.15, 0.2) is 5.17 Å². The number of nitrogens with two attached hydrogens (primary N) is 1. The highest BCUT2D eigenvalue weighted by molar-refractivity contribution is 9.10. The average Bonchev–Trinajstić information content (AvgIpc) is 2.97. The molecule has 1 aliphatic heterocycles. The van der Waals surface area contributed by atoms with Crippen LogP contribution in [-0.2, 0) is 4.79 Å². The molecule has 2 N–H and O–H groups in total. The largest absolute Gasteiger partial charge is 0.457 e. The maximum atomic E-state index is 11.5. The van der Waals surface area contributed by atoms with Crippen molar-refractivity contribution in [2.45, 2.75) is 0 Å². The molecule has 1 amide bonds. The predicted octanol–water partition coefficient (Wildman–Crippen LogP) is 3.64. The maximum Gasteiger partial charge on any atom is 0.286 e. The second-order valence-corrected chi connectivity index (χ2v) is 6.06. The number of halogens is 1. The number of hydrogen-bond acceptors (Lipinski definition) is 4. The van der Waals surface area contributed by atoms with E-state index in [-0.39, 0.29) is 11.1 Å². The molecule has 0 saturated heterocycles. The average molecular weight is 349 g/mol. The summed E-state index contributed by atoms with van der Waals surface area (Å²) in [6.07, 6.45) is 1.65. The molecule has 2 aromatic rings. The molecule has 0 saturated carbocycles. The van der Waals surface area contributed by atoms with Gasteiger partial charge in [0.05, 0.1) is 4.91 Å². The zero-order valence-electron chi connectivity index (χ0n) is 10.2. The quantitative estimate of drug-likeness (QED) is 0.841. The number of furan rings is 1. The lowest BCUT2D eigenvalue weighted by molar-refractivity contribution is -0.113. The molecule has 0 radical (unpaired) electrons. The normalized spacial score (nSPS) is 16.8. The van der Waals surface area contributed by atoms with Crippen LogP contribution in [0, 0.1) is 0 Å². The SMILES string of the molecule is NC1=NC(=O)C(=Cc2ccc(-c3cccc(Br)c3)o2)S1. The Hall–Kier alpha value is -1.79. The number of amidine groups is 1. The van der Waals surface area contributed by atoms with Crippen LogP contribution in [0.1, 0.15) is 5.76 Å². The Morgan fingerprint density at radius 2 is 2.15 bits per heavy atom. The summed E-state index contributed by atoms with van der Waals surface area (Å²) in [7, 11) is 0. The lowest BCUT2D eigenvalue weighted by atomic mass is 10.2. The van der Waals surface area contributed by atoms with Gasteiger partial charge >= 0.3 is 0 Å². The third kappa shape index (κ3) is 2.71. The van der Waals surface area contributed by atoms with Crippen molar-refractivity contribution in [1.82, 2.24) is 0 Å². The fourth-order valence-electron chi connectivity index (χ4n) is 1.78. The van der Waals surface area contributed by atoms with Crippen molar-refractivity contribution in [2.24, 2.45) is 10.7 Å². The van der Waals surface area contributed by atoms with E-state index in [4.69, 9.17) is 10.2 Å². The Morgan fingerprint density at radius 3 is 2.85 bits per heavy atom. The molecule has 100 valence electrons. The van der Waals surface area contributed by atoms with E-state index in [1.165, 1.54) is 0 Å². The van der Waals surface area contributed by atoms with E-state index in [0.717, 1.165) is 27.6 Å². The zero-order chi connectivity index (χ0) is 14.1. The number of rotatable bonds is 2. The molecular formula is C14H9BrN2O2S. The van der Waals surface area contributed by atoms with E-state index in [1.807, 2.05) is 36.4 Å². The number of nitrogens with zero attached hydrogens (tertiary/aromatic N) is 1. The summed E-state index contributed by atoms with van der Waals surface area (Å²) in [5.41, 5.74) is 6.46. The van der Waals surface area contributed by atoms with E-state index in [2.05, 4.69) is 20.9 Å². The molecule has 0 atom stereocenters. The fourth-order valence-corrected chi connectivity index (χ4v) is 2.84. The van der Waals surface area contributed by atoms with E-state index >= 15 is 0 Å². The van der Waals surface area contributed by atoms with Crippen molar-refractivity contribution >= 4 is 44.8 Å². The van der Waals surface area contributed by atoms with Gasteiger partial charge < -0.3 is 10.2 Å². The fraction of sp³-hybridized carbons (Fsp3) is 0. The monoisotopic (exact) mass is 348 g/mol. The van der Waals surface area contributed by atoms with Crippen molar-refractivity contribution in [3.63, 3.8) is 0 Å². The van der Waals surface area contributed by atoms with Crippen LogP contribution in [0.3, 0.4) is 0 Å². The number of amides is 1. The zero-order valence-corrected chi connectivity index (χ0v) is 12.6. The minimum atomic E-state index is -0.326. The molecule has 1 aromatic heterocycles. The van der Waals surface area contributed by atoms with Crippen LogP contribution in [0.5, 0.6) is 0 Å². The van der Waals surface area contributed by atoms with Crippen LogP contribution in [-0.4, -0.2) is 11.1 Å². The summed E-state index contributed by atoms with van der Waals surface area (Å²) in [5, 5.41) is 0.264. The summed E-state index contributed by atoms with van der Waals surface area (Å²) < 4.78 is 6.70. The standard InChI is InChI=1S/C14H9BrN2O2S/c15-9-3-1-2-8(6-9)11-5-4-10(19-11)7-12-13(18)17-14(16)20-12/h1-7H,(H2,16,17,18). The molecule has 6 heteroatoms. The summed E-state index contributed by atoms with van der Waals surface area (Å²) in [6.45, 7) is 0. The van der Waals surface area contributed by atoms with Crippen molar-refractivity contribution < 1.29 is 9.21 Å². The van der Waals surface area contributed by atoms with Crippen LogP contribution in [0.2, 0.25) is 0 Å². The lowest BCUT2D eigenvalue weighted by Gasteiger charge is -1.97. The summed E-state index contributed by atoms with van der Waals surface area (Å²) in [5.74, 6) is 1.01. The number of carbonyl (C=O) groups excluding carboxylic acids is 1. The predicted molar refractivity (Wildman–Crippen MR) is 84.0 cm³/mol. The highest BCUT2D eigenvalue weighted by atomic mass is 79.9. The molecular weight excluding hydrogens is 340 g/mol. The molecule has 4 nitrogen and oxygen atoms in total. The first-order valence-corrected chi connectivity index (χ1v) is 7.36. The molecule has 0 unspecified atom stereocenters. The van der Waals surface area contributed by atoms with Gasteiger partial charge in [-0.25, -0.2) is 0 Å². The van der Waals surface area contributed by atoms with Gasteiger partial charge in [-0.15, -0.1) is 0 Å². The van der Waals surface area contributed by atoms with Crippen molar-refractivity contribution in [1.29, 1.82) is 0 Å². The highest BCUT2D eigenvalue weighted by Gasteiger charge is 2.20. The molecule has 0 spiro atoms. The minimum absolute atomic E-state index is 0.264. The van der Waals surface area contributed by atoms with E-state index in [0.29, 0.717) is 10.7 Å². The molecule has 0 fully saturated rings. The topological polar surface area (TPSA) is 68.6 Å². The summed E-state index contributed by atoms with van der Waals surface area (Å²) >= 11 is 4.57. The first kappa shape index (κ1) is 13.2. The van der Waals surface area contributed by atoms with Gasteiger partial charge in [0, 0.05) is 16.1 Å². The maximum absolute atomic E-state index is 11.5. The van der Waals surface area contributed by atoms with Crippen molar-refractivity contribution in [3.8, 4) is 11.3 Å². The van der Waals surface area contributed by atoms with Gasteiger partial charge in [-0.2, -0.15) is 4.99 Å². The van der Waals surface area contributed by atoms with Gasteiger partial charge in [0.2, 0.25) is 0 Å². The van der Waals surface area contributed by atoms with Crippen LogP contribution in [0.25, 0.3) is 17.4 Å². The molecule has 20 heavy (non-hydrogen) atoms. The van der Waals surface area contributed by atoms with Crippen LogP contribution in [0.4, 0.5) is 0 Å². The molecule has 1 aromatic carbocycles. The van der Waals surface area contributed by atoms with Crippen molar-refractivity contribution in [2.75, 3.05) is 0 Å². The third-order valence-corrected chi connectivity index (χ3v) is 3.95. The summed E-state index contributed by atoms with van der Waals surface area (Å²) in [4.78, 5) is 15.6. The van der Waals surface area contributed by atoms with E-state index in [9.17, 15) is 4.79 Å². The van der Waals surface area contributed by atoms with Crippen LogP contribution in [0.15, 0.2) is 55.2 Å². The third-order valence-electron chi connectivity index (χ3n) is 2.65. The highest BCUT2D eigenvalue weighted by Crippen LogP contribution is 2.29. The lowest BCUT2D eigenvalue weighted by Crippen LogP contribution is -2.01. The Bertz CT molecular complexity index is 749. The van der Waals surface area contributed by atoms with E-state index < -0.39 is 0 Å². The molecule has 3 rings (SSSR count). The van der Waals surface area contributed by atoms with Gasteiger partial charge in [-0.05, 0) is 36.0 Å². The van der Waals surface area contributed by atoms with Gasteiger partial charge in [-0.3, -0.25) is 4.79 Å². The smallest absolute Gasteiger partial charge is 0.286 e. The van der Waals surface area contributed by atoms with Gasteiger partial charge in [0.1, 0.15) is 11.5 Å². The molecule has 0 bridgehead atoms. The van der Waals surface area contributed by atoms with Gasteiger partial charge in [-0.1, -0.05) is 28.1 Å². The first-order chi connectivity index (χ1) is 9.61. The molecule has 0 aliphatic carbocycles. The van der Waals surface area contributed by atoms with Gasteiger partial charge in [0.25, 0.3) is 5.91 Å². The number of hydrogen-bond donors (Lipinski definition) is 1.